The molecule has 0 aliphatic carbocycles. The van der Waals surface area contributed by atoms with Gasteiger partial charge in [0.15, 0.2) is 0 Å². The van der Waals surface area contributed by atoms with E-state index in [1.54, 1.807) is 6.07 Å². The zero-order valence-electron chi connectivity index (χ0n) is 12.3. The lowest BCUT2D eigenvalue weighted by Crippen LogP contribution is -2.11. The van der Waals surface area contributed by atoms with Crippen LogP contribution in [0.5, 0.6) is 5.75 Å². The fraction of sp³-hybridized carbons (Fsp3) is 0.500. The van der Waals surface area contributed by atoms with Gasteiger partial charge in [-0.2, -0.15) is 0 Å². The molecule has 7 heteroatoms. The number of halogens is 1. The minimum Gasteiger partial charge on any atom is -0.495 e. The first-order valence-corrected chi connectivity index (χ1v) is 8.82. The second-order valence-electron chi connectivity index (χ2n) is 5.00. The number of methoxy groups -OCH3 is 1. The lowest BCUT2D eigenvalue weighted by atomic mass is 10.1. The van der Waals surface area contributed by atoms with Crippen LogP contribution in [0.4, 0.5) is 0 Å². The van der Waals surface area contributed by atoms with E-state index in [1.807, 2.05) is 13.8 Å². The molecule has 0 aromatic heterocycles. The summed E-state index contributed by atoms with van der Waals surface area (Å²) in [5.74, 6) is 0.187. The van der Waals surface area contributed by atoms with Gasteiger partial charge in [0.2, 0.25) is 0 Å². The van der Waals surface area contributed by atoms with Crippen molar-refractivity contribution in [3.05, 3.63) is 23.8 Å². The first kappa shape index (κ1) is 17.8. The summed E-state index contributed by atoms with van der Waals surface area (Å²) in [5, 5.41) is 0. The number of carbonyl (C=O) groups is 1. The average molecular weight is 335 g/mol. The first-order valence-electron chi connectivity index (χ1n) is 6.51. The topological polar surface area (TPSA) is 69.7 Å². The molecule has 0 bridgehead atoms. The van der Waals surface area contributed by atoms with Gasteiger partial charge >= 0.3 is 5.97 Å². The Morgan fingerprint density at radius 3 is 2.52 bits per heavy atom. The third-order valence-electron chi connectivity index (χ3n) is 2.80. The Balaban J connectivity index is 2.79. The molecule has 21 heavy (non-hydrogen) atoms. The van der Waals surface area contributed by atoms with Crippen molar-refractivity contribution < 1.29 is 22.7 Å². The molecule has 0 aliphatic heterocycles. The van der Waals surface area contributed by atoms with Gasteiger partial charge in [0.1, 0.15) is 10.6 Å². The van der Waals surface area contributed by atoms with Crippen LogP contribution in [0.2, 0.25) is 0 Å². The third kappa shape index (κ3) is 5.93. The van der Waals surface area contributed by atoms with E-state index >= 15 is 0 Å². The van der Waals surface area contributed by atoms with E-state index in [0.29, 0.717) is 18.1 Å². The second-order valence-corrected chi connectivity index (χ2v) is 7.54. The molecule has 0 amide bonds. The molecule has 0 atom stereocenters. The Labute approximate surface area is 129 Å². The normalized spacial score (nSPS) is 11.5. The van der Waals surface area contributed by atoms with Gasteiger partial charge in [-0.25, -0.2) is 8.42 Å². The van der Waals surface area contributed by atoms with E-state index in [4.69, 9.17) is 20.2 Å². The number of hydrogen-bond donors (Lipinski definition) is 0. The smallest absolute Gasteiger partial charge is 0.310 e. The Bertz CT molecular complexity index is 595. The van der Waals surface area contributed by atoms with Crippen molar-refractivity contribution in [2.75, 3.05) is 13.7 Å². The third-order valence-corrected chi connectivity index (χ3v) is 4.14. The highest BCUT2D eigenvalue weighted by molar-refractivity contribution is 8.13. The van der Waals surface area contributed by atoms with E-state index in [1.165, 1.54) is 19.2 Å². The van der Waals surface area contributed by atoms with Gasteiger partial charge in [-0.05, 0) is 30.0 Å². The van der Waals surface area contributed by atoms with Crippen LogP contribution in [0, 0.1) is 5.92 Å². The maximum absolute atomic E-state index is 11.7. The van der Waals surface area contributed by atoms with Crippen LogP contribution in [0.1, 0.15) is 25.8 Å². The predicted octanol–water partition coefficient (Wildman–Crippen LogP) is 2.75. The highest BCUT2D eigenvalue weighted by Gasteiger charge is 2.18. The fourth-order valence-electron chi connectivity index (χ4n) is 1.65. The Hall–Kier alpha value is -1.27. The molecular formula is C14H19ClO5S. The van der Waals surface area contributed by atoms with Crippen molar-refractivity contribution in [1.82, 2.24) is 0 Å². The van der Waals surface area contributed by atoms with Crippen molar-refractivity contribution in [2.24, 2.45) is 5.92 Å². The van der Waals surface area contributed by atoms with Crippen molar-refractivity contribution in [3.63, 3.8) is 0 Å². The molecule has 118 valence electrons. The highest BCUT2D eigenvalue weighted by atomic mass is 35.7. The summed E-state index contributed by atoms with van der Waals surface area (Å²) in [5.41, 5.74) is 0.504. The maximum atomic E-state index is 11.7. The summed E-state index contributed by atoms with van der Waals surface area (Å²) in [7, 11) is 2.76. The highest BCUT2D eigenvalue weighted by Crippen LogP contribution is 2.28. The van der Waals surface area contributed by atoms with E-state index in [0.717, 1.165) is 6.42 Å². The van der Waals surface area contributed by atoms with Crippen molar-refractivity contribution in [3.8, 4) is 5.75 Å². The largest absolute Gasteiger partial charge is 0.495 e. The van der Waals surface area contributed by atoms with Crippen LogP contribution >= 0.6 is 10.7 Å². The molecule has 0 aliphatic rings. The van der Waals surface area contributed by atoms with Crippen LogP contribution in [0.15, 0.2) is 23.1 Å². The lowest BCUT2D eigenvalue weighted by Gasteiger charge is -2.09. The summed E-state index contributed by atoms with van der Waals surface area (Å²) < 4.78 is 33.0. The van der Waals surface area contributed by atoms with Crippen molar-refractivity contribution in [2.45, 2.75) is 31.6 Å². The molecular weight excluding hydrogens is 316 g/mol. The molecule has 1 aromatic rings. The maximum Gasteiger partial charge on any atom is 0.310 e. The van der Waals surface area contributed by atoms with E-state index in [-0.39, 0.29) is 17.1 Å². The van der Waals surface area contributed by atoms with E-state index in [9.17, 15) is 13.2 Å². The van der Waals surface area contributed by atoms with Crippen LogP contribution in [0.3, 0.4) is 0 Å². The van der Waals surface area contributed by atoms with Gasteiger partial charge in [-0.3, -0.25) is 4.79 Å². The zero-order chi connectivity index (χ0) is 16.0. The zero-order valence-corrected chi connectivity index (χ0v) is 13.8. The fourth-order valence-corrected chi connectivity index (χ4v) is 2.69. The molecule has 1 aromatic carbocycles. The first-order chi connectivity index (χ1) is 9.74. The number of rotatable bonds is 7. The molecule has 5 nitrogen and oxygen atoms in total. The number of ether oxygens (including phenoxy) is 2. The minimum absolute atomic E-state index is 0.0124. The van der Waals surface area contributed by atoms with Crippen LogP contribution in [-0.2, 0) is 25.0 Å². The number of esters is 1. The summed E-state index contributed by atoms with van der Waals surface area (Å²) in [6, 6.07) is 4.39. The summed E-state index contributed by atoms with van der Waals surface area (Å²) >= 11 is 0. The molecule has 0 heterocycles. The number of benzene rings is 1. The van der Waals surface area contributed by atoms with Crippen LogP contribution < -0.4 is 4.74 Å². The SMILES string of the molecule is COc1ccc(CC(=O)OCCC(C)C)cc1S(=O)(=O)Cl. The van der Waals surface area contributed by atoms with E-state index in [2.05, 4.69) is 0 Å². The summed E-state index contributed by atoms with van der Waals surface area (Å²) in [6.07, 6.45) is 0.775. The lowest BCUT2D eigenvalue weighted by molar-refractivity contribution is -0.143. The number of carbonyl (C=O) groups excluding carboxylic acids is 1. The summed E-state index contributed by atoms with van der Waals surface area (Å²) in [4.78, 5) is 11.5. The van der Waals surface area contributed by atoms with Crippen molar-refractivity contribution in [1.29, 1.82) is 0 Å². The van der Waals surface area contributed by atoms with Crippen molar-refractivity contribution >= 4 is 25.7 Å². The quantitative estimate of drug-likeness (QED) is 0.566. The molecule has 0 N–H and O–H groups in total. The predicted molar refractivity (Wildman–Crippen MR) is 80.2 cm³/mol. The monoisotopic (exact) mass is 334 g/mol. The minimum atomic E-state index is -3.94. The standard InChI is InChI=1S/C14H19ClO5S/c1-10(2)6-7-20-14(16)9-11-4-5-12(19-3)13(8-11)21(15,17)18/h4-5,8,10H,6-7,9H2,1-3H3. The molecule has 0 fully saturated rings. The van der Waals surface area contributed by atoms with Gasteiger partial charge < -0.3 is 9.47 Å². The molecule has 0 unspecified atom stereocenters. The van der Waals surface area contributed by atoms with E-state index < -0.39 is 15.0 Å². The van der Waals surface area contributed by atoms with Gasteiger partial charge in [-0.1, -0.05) is 19.9 Å². The molecule has 0 saturated carbocycles. The van der Waals surface area contributed by atoms with Crippen LogP contribution in [0.25, 0.3) is 0 Å². The molecule has 0 saturated heterocycles. The Morgan fingerprint density at radius 2 is 2.00 bits per heavy atom. The van der Waals surface area contributed by atoms with Gasteiger partial charge in [0.25, 0.3) is 9.05 Å². The van der Waals surface area contributed by atoms with Gasteiger partial charge in [0, 0.05) is 10.7 Å². The number of hydrogen-bond acceptors (Lipinski definition) is 5. The summed E-state index contributed by atoms with van der Waals surface area (Å²) in [6.45, 7) is 4.43. The average Bonchev–Trinajstić information content (AvgIpc) is 2.37. The van der Waals surface area contributed by atoms with Crippen LogP contribution in [-0.4, -0.2) is 28.1 Å². The van der Waals surface area contributed by atoms with Gasteiger partial charge in [0.05, 0.1) is 20.1 Å². The Morgan fingerprint density at radius 1 is 1.33 bits per heavy atom. The second kappa shape index (κ2) is 7.66. The van der Waals surface area contributed by atoms with Gasteiger partial charge in [-0.15, -0.1) is 0 Å². The molecule has 0 spiro atoms. The molecule has 1 rings (SSSR count). The molecule has 0 radical (unpaired) electrons. The Kier molecular flexibility index (Phi) is 6.48.